The molecule has 1 aromatic heterocycles. The number of amides is 1. The number of carbonyl (C=O) groups is 1. The zero-order valence-electron chi connectivity index (χ0n) is 10.3. The van der Waals surface area contributed by atoms with Gasteiger partial charge in [-0.05, 0) is 12.1 Å². The zero-order valence-corrected chi connectivity index (χ0v) is 10.3. The Balaban J connectivity index is 1.49. The van der Waals surface area contributed by atoms with Gasteiger partial charge in [-0.15, -0.1) is 0 Å². The van der Waals surface area contributed by atoms with Gasteiger partial charge in [0.2, 0.25) is 0 Å². The molecule has 96 valence electrons. The fourth-order valence-corrected chi connectivity index (χ4v) is 2.24. The Morgan fingerprint density at radius 1 is 1.33 bits per heavy atom. The van der Waals surface area contributed by atoms with E-state index in [0.29, 0.717) is 6.61 Å². The molecule has 1 atom stereocenters. The van der Waals surface area contributed by atoms with Gasteiger partial charge >= 0.3 is 0 Å². The van der Waals surface area contributed by atoms with Crippen molar-refractivity contribution < 1.29 is 9.53 Å². The third-order valence-corrected chi connectivity index (χ3v) is 3.40. The Kier molecular flexibility index (Phi) is 3.25. The van der Waals surface area contributed by atoms with E-state index < -0.39 is 0 Å². The molecule has 1 unspecified atom stereocenters. The maximum absolute atomic E-state index is 11.8. The van der Waals surface area contributed by atoms with Gasteiger partial charge in [-0.25, -0.2) is 0 Å². The first-order valence-corrected chi connectivity index (χ1v) is 6.35. The summed E-state index contributed by atoms with van der Waals surface area (Å²) in [4.78, 5) is 20.4. The lowest BCUT2D eigenvalue weighted by molar-refractivity contribution is -0.134. The van der Waals surface area contributed by atoms with Crippen LogP contribution in [0.25, 0.3) is 0 Å². The summed E-state index contributed by atoms with van der Waals surface area (Å²) in [7, 11) is 0. The van der Waals surface area contributed by atoms with E-state index in [1.807, 2.05) is 29.3 Å². The normalized spacial score (nSPS) is 24.0. The molecule has 3 heterocycles. The number of aromatic nitrogens is 1. The summed E-state index contributed by atoms with van der Waals surface area (Å²) in [6.07, 6.45) is 1.67. The Bertz CT molecular complexity index is 412. The molecule has 0 radical (unpaired) electrons. The molecule has 2 saturated heterocycles. The number of hydrogen-bond donors (Lipinski definition) is 0. The third kappa shape index (κ3) is 2.68. The van der Waals surface area contributed by atoms with Crippen LogP contribution in [0, 0.1) is 0 Å². The summed E-state index contributed by atoms with van der Waals surface area (Å²) in [6.45, 7) is 4.89. The summed E-state index contributed by atoms with van der Waals surface area (Å²) in [6, 6.07) is 5.97. The molecule has 18 heavy (non-hydrogen) atoms. The van der Waals surface area contributed by atoms with Crippen molar-refractivity contribution in [1.82, 2.24) is 14.8 Å². The summed E-state index contributed by atoms with van der Waals surface area (Å²) in [5.74, 6) is 0.160. The van der Waals surface area contributed by atoms with Crippen molar-refractivity contribution in [3.8, 4) is 0 Å². The van der Waals surface area contributed by atoms with Crippen LogP contribution in [0.3, 0.4) is 0 Å². The molecular weight excluding hydrogens is 230 g/mol. The minimum atomic E-state index is -0.146. The standard InChI is InChI=1S/C13H17N3O2/c17-13(12-10-18-12)16-7-5-15(6-8-16)9-11-3-1-2-4-14-11/h1-4,12H,5-10H2. The average Bonchev–Trinajstić information content (AvgIpc) is 3.24. The summed E-state index contributed by atoms with van der Waals surface area (Å²) in [5.41, 5.74) is 1.09. The molecule has 1 aromatic rings. The van der Waals surface area contributed by atoms with Crippen LogP contribution >= 0.6 is 0 Å². The summed E-state index contributed by atoms with van der Waals surface area (Å²) in [5, 5.41) is 0. The number of nitrogens with zero attached hydrogens (tertiary/aromatic N) is 3. The van der Waals surface area contributed by atoms with Crippen LogP contribution in [0.1, 0.15) is 5.69 Å². The van der Waals surface area contributed by atoms with Crippen LogP contribution in [-0.4, -0.2) is 59.6 Å². The van der Waals surface area contributed by atoms with Crippen LogP contribution < -0.4 is 0 Å². The lowest BCUT2D eigenvalue weighted by Crippen LogP contribution is -2.49. The fraction of sp³-hybridized carbons (Fsp3) is 0.538. The van der Waals surface area contributed by atoms with Gasteiger partial charge in [-0.3, -0.25) is 14.7 Å². The van der Waals surface area contributed by atoms with Gasteiger partial charge in [-0.1, -0.05) is 6.07 Å². The van der Waals surface area contributed by atoms with Crippen molar-refractivity contribution >= 4 is 5.91 Å². The molecule has 0 bridgehead atoms. The van der Waals surface area contributed by atoms with E-state index in [9.17, 15) is 4.79 Å². The number of rotatable bonds is 3. The van der Waals surface area contributed by atoms with E-state index in [4.69, 9.17) is 4.74 Å². The minimum Gasteiger partial charge on any atom is -0.363 e. The Labute approximate surface area is 106 Å². The van der Waals surface area contributed by atoms with Crippen LogP contribution in [-0.2, 0) is 16.1 Å². The van der Waals surface area contributed by atoms with E-state index in [1.165, 1.54) is 0 Å². The summed E-state index contributed by atoms with van der Waals surface area (Å²) >= 11 is 0. The molecular formula is C13H17N3O2. The van der Waals surface area contributed by atoms with Gasteiger partial charge in [0, 0.05) is 38.9 Å². The Hall–Kier alpha value is -1.46. The smallest absolute Gasteiger partial charge is 0.254 e. The molecule has 2 fully saturated rings. The van der Waals surface area contributed by atoms with Gasteiger partial charge in [0.1, 0.15) is 0 Å². The van der Waals surface area contributed by atoms with Gasteiger partial charge in [-0.2, -0.15) is 0 Å². The lowest BCUT2D eigenvalue weighted by atomic mass is 10.2. The number of hydrogen-bond acceptors (Lipinski definition) is 4. The van der Waals surface area contributed by atoms with Crippen molar-refractivity contribution in [1.29, 1.82) is 0 Å². The molecule has 5 heteroatoms. The van der Waals surface area contributed by atoms with Gasteiger partial charge in [0.05, 0.1) is 12.3 Å². The minimum absolute atomic E-state index is 0.146. The largest absolute Gasteiger partial charge is 0.363 e. The van der Waals surface area contributed by atoms with E-state index in [0.717, 1.165) is 38.4 Å². The van der Waals surface area contributed by atoms with Crippen molar-refractivity contribution in [2.45, 2.75) is 12.6 Å². The van der Waals surface area contributed by atoms with Crippen molar-refractivity contribution in [3.05, 3.63) is 30.1 Å². The predicted octanol–water partition coefficient (Wildman–Crippen LogP) is 0.125. The van der Waals surface area contributed by atoms with Crippen LogP contribution in [0.15, 0.2) is 24.4 Å². The molecule has 0 saturated carbocycles. The highest BCUT2D eigenvalue weighted by molar-refractivity contribution is 5.83. The number of carbonyl (C=O) groups excluding carboxylic acids is 1. The van der Waals surface area contributed by atoms with Gasteiger partial charge in [0.25, 0.3) is 5.91 Å². The third-order valence-electron chi connectivity index (χ3n) is 3.40. The molecule has 0 N–H and O–H groups in total. The van der Waals surface area contributed by atoms with Crippen molar-refractivity contribution in [2.24, 2.45) is 0 Å². The van der Waals surface area contributed by atoms with Crippen molar-refractivity contribution in [3.63, 3.8) is 0 Å². The molecule has 5 nitrogen and oxygen atoms in total. The first-order chi connectivity index (χ1) is 8.83. The second-order valence-corrected chi connectivity index (χ2v) is 4.74. The number of epoxide rings is 1. The summed E-state index contributed by atoms with van der Waals surface area (Å²) < 4.78 is 5.03. The molecule has 0 aliphatic carbocycles. The number of piperazine rings is 1. The Morgan fingerprint density at radius 2 is 2.11 bits per heavy atom. The zero-order chi connectivity index (χ0) is 12.4. The number of pyridine rings is 1. The second kappa shape index (κ2) is 5.04. The maximum Gasteiger partial charge on any atom is 0.254 e. The quantitative estimate of drug-likeness (QED) is 0.712. The van der Waals surface area contributed by atoms with Crippen molar-refractivity contribution in [2.75, 3.05) is 32.8 Å². The second-order valence-electron chi connectivity index (χ2n) is 4.74. The van der Waals surface area contributed by atoms with Crippen LogP contribution in [0.2, 0.25) is 0 Å². The van der Waals surface area contributed by atoms with E-state index in [-0.39, 0.29) is 12.0 Å². The van der Waals surface area contributed by atoms with E-state index in [1.54, 1.807) is 0 Å². The average molecular weight is 247 g/mol. The molecule has 0 aromatic carbocycles. The molecule has 0 spiro atoms. The SMILES string of the molecule is O=C(C1CO1)N1CCN(Cc2ccccn2)CC1. The molecule has 2 aliphatic rings. The fourth-order valence-electron chi connectivity index (χ4n) is 2.24. The molecule has 2 aliphatic heterocycles. The molecule has 3 rings (SSSR count). The first-order valence-electron chi connectivity index (χ1n) is 6.35. The van der Waals surface area contributed by atoms with Gasteiger partial charge in [0.15, 0.2) is 6.10 Å². The first kappa shape index (κ1) is 11.6. The monoisotopic (exact) mass is 247 g/mol. The van der Waals surface area contributed by atoms with Crippen LogP contribution in [0.5, 0.6) is 0 Å². The Morgan fingerprint density at radius 3 is 2.72 bits per heavy atom. The highest BCUT2D eigenvalue weighted by Crippen LogP contribution is 2.15. The topological polar surface area (TPSA) is 49.0 Å². The van der Waals surface area contributed by atoms with Crippen LogP contribution in [0.4, 0.5) is 0 Å². The maximum atomic E-state index is 11.8. The molecule has 1 amide bonds. The predicted molar refractivity (Wildman–Crippen MR) is 65.8 cm³/mol. The van der Waals surface area contributed by atoms with E-state index in [2.05, 4.69) is 9.88 Å². The number of ether oxygens (including phenoxy) is 1. The van der Waals surface area contributed by atoms with E-state index >= 15 is 0 Å². The van der Waals surface area contributed by atoms with Gasteiger partial charge < -0.3 is 9.64 Å². The lowest BCUT2D eigenvalue weighted by Gasteiger charge is -2.34. The highest BCUT2D eigenvalue weighted by atomic mass is 16.6. The highest BCUT2D eigenvalue weighted by Gasteiger charge is 2.36.